The SMILES string of the molecule is O=C(C[C@@H](c1ccc(S(F)(F)(F)(F)F)cc1)C1CC1)c1cc(=O)[nH]c(N2CCCC2)n1. The molecule has 0 bridgehead atoms. The van der Waals surface area contributed by atoms with Gasteiger partial charge in [-0.05, 0) is 55.2 Å². The van der Waals surface area contributed by atoms with Crippen LogP contribution in [0.3, 0.4) is 0 Å². The lowest BCUT2D eigenvalue weighted by Crippen LogP contribution is -2.25. The lowest BCUT2D eigenvalue weighted by molar-refractivity contribution is 0.0965. The smallest absolute Gasteiger partial charge is 0.310 e. The van der Waals surface area contributed by atoms with Crippen LogP contribution in [-0.2, 0) is 0 Å². The summed E-state index contributed by atoms with van der Waals surface area (Å²) in [5, 5.41) is 0. The highest BCUT2D eigenvalue weighted by Crippen LogP contribution is 3.02. The zero-order chi connectivity index (χ0) is 22.5. The second-order valence-electron chi connectivity index (χ2n) is 8.26. The molecular formula is C20H22F5N3O2S. The van der Waals surface area contributed by atoms with Crippen LogP contribution in [0.4, 0.5) is 25.4 Å². The Morgan fingerprint density at radius 3 is 2.26 bits per heavy atom. The summed E-state index contributed by atoms with van der Waals surface area (Å²) in [5.74, 6) is -0.414. The lowest BCUT2D eigenvalue weighted by Gasteiger charge is -2.40. The molecule has 0 radical (unpaired) electrons. The number of hydrogen-bond acceptors (Lipinski definition) is 4. The number of aromatic amines is 1. The van der Waals surface area contributed by atoms with E-state index < -0.39 is 32.4 Å². The molecule has 2 fully saturated rings. The van der Waals surface area contributed by atoms with Crippen LogP contribution in [0.1, 0.15) is 54.1 Å². The summed E-state index contributed by atoms with van der Waals surface area (Å²) in [5.41, 5.74) is -0.0607. The van der Waals surface area contributed by atoms with Crippen LogP contribution in [0.2, 0.25) is 0 Å². The summed E-state index contributed by atoms with van der Waals surface area (Å²) in [6, 6.07) is 3.92. The number of Topliss-reactive ketones (excluding diaryl/α,β-unsaturated/α-hetero) is 1. The first-order valence-corrected chi connectivity index (χ1v) is 12.0. The molecule has 0 amide bonds. The number of anilines is 1. The fourth-order valence-corrected chi connectivity index (χ4v) is 4.65. The third-order valence-corrected chi connectivity index (χ3v) is 6.93. The number of ketones is 1. The van der Waals surface area contributed by atoms with E-state index in [1.54, 1.807) is 0 Å². The summed E-state index contributed by atoms with van der Waals surface area (Å²) < 4.78 is 64.9. The largest absolute Gasteiger partial charge is 0.342 e. The number of carbonyl (C=O) groups excluding carboxylic acids is 1. The maximum atomic E-state index is 13.0. The number of H-pyrrole nitrogens is 1. The van der Waals surface area contributed by atoms with Crippen molar-refractivity contribution in [1.29, 1.82) is 0 Å². The van der Waals surface area contributed by atoms with Crippen LogP contribution >= 0.6 is 10.2 Å². The zero-order valence-electron chi connectivity index (χ0n) is 16.5. The van der Waals surface area contributed by atoms with E-state index in [1.807, 2.05) is 4.90 Å². The number of aromatic nitrogens is 2. The highest BCUT2D eigenvalue weighted by atomic mass is 32.5. The van der Waals surface area contributed by atoms with Gasteiger partial charge in [0.05, 0.1) is 0 Å². The van der Waals surface area contributed by atoms with Gasteiger partial charge in [-0.3, -0.25) is 14.6 Å². The molecule has 1 aliphatic heterocycles. The topological polar surface area (TPSA) is 66.1 Å². The standard InChI is InChI=1S/C20H22F5N3O2S/c21-31(22,23,24,25)15-7-5-14(6-8-15)16(13-3-4-13)11-18(29)17-12-19(30)27-20(26-17)28-9-1-2-10-28/h5-8,12-13,16H,1-4,9-11H2,(H,26,27,30)/t16-/m1/s1. The molecule has 4 rings (SSSR count). The minimum atomic E-state index is -9.74. The van der Waals surface area contributed by atoms with Crippen molar-refractivity contribution in [2.75, 3.05) is 18.0 Å². The van der Waals surface area contributed by atoms with Gasteiger partial charge in [-0.1, -0.05) is 31.6 Å². The average molecular weight is 463 g/mol. The van der Waals surface area contributed by atoms with Crippen molar-refractivity contribution in [2.24, 2.45) is 5.92 Å². The Balaban J connectivity index is 1.57. The predicted octanol–water partition coefficient (Wildman–Crippen LogP) is 5.79. The van der Waals surface area contributed by atoms with Crippen molar-refractivity contribution < 1.29 is 24.2 Å². The van der Waals surface area contributed by atoms with Crippen LogP contribution in [0.25, 0.3) is 0 Å². The van der Waals surface area contributed by atoms with Crippen molar-refractivity contribution in [3.05, 3.63) is 51.9 Å². The molecule has 0 spiro atoms. The maximum Gasteiger partial charge on any atom is 0.310 e. The number of carbonyl (C=O) groups is 1. The minimum absolute atomic E-state index is 0.0000646. The monoisotopic (exact) mass is 463 g/mol. The second-order valence-corrected chi connectivity index (χ2v) is 10.7. The summed E-state index contributed by atoms with van der Waals surface area (Å²) in [7, 11) is -9.74. The Kier molecular flexibility index (Phi) is 4.77. The molecule has 1 aromatic carbocycles. The molecular weight excluding hydrogens is 441 g/mol. The van der Waals surface area contributed by atoms with Gasteiger partial charge in [0.15, 0.2) is 5.78 Å². The third kappa shape index (κ3) is 5.08. The number of halogens is 5. The number of hydrogen-bond donors (Lipinski definition) is 1. The Bertz CT molecular complexity index is 1060. The Morgan fingerprint density at radius 1 is 1.10 bits per heavy atom. The van der Waals surface area contributed by atoms with Gasteiger partial charge in [-0.25, -0.2) is 4.98 Å². The highest BCUT2D eigenvalue weighted by molar-refractivity contribution is 8.45. The first-order chi connectivity index (χ1) is 14.3. The fraction of sp³-hybridized carbons (Fsp3) is 0.450. The number of nitrogens with zero attached hydrogens (tertiary/aromatic N) is 2. The normalized spacial score (nSPS) is 20.2. The van der Waals surface area contributed by atoms with Crippen molar-refractivity contribution >= 4 is 22.0 Å². The number of benzene rings is 1. The van der Waals surface area contributed by atoms with E-state index in [0.29, 0.717) is 23.6 Å². The molecule has 1 aliphatic carbocycles. The van der Waals surface area contributed by atoms with Gasteiger partial charge in [0.1, 0.15) is 10.6 Å². The van der Waals surface area contributed by atoms with E-state index in [1.165, 1.54) is 0 Å². The van der Waals surface area contributed by atoms with E-state index in [2.05, 4.69) is 9.97 Å². The van der Waals surface area contributed by atoms with Gasteiger partial charge in [0, 0.05) is 25.6 Å². The summed E-state index contributed by atoms with van der Waals surface area (Å²) in [4.78, 5) is 31.7. The average Bonchev–Trinajstić information content (AvgIpc) is 3.36. The zero-order valence-corrected chi connectivity index (χ0v) is 17.3. The van der Waals surface area contributed by atoms with E-state index in [0.717, 1.165) is 57.0 Å². The predicted molar refractivity (Wildman–Crippen MR) is 109 cm³/mol. The van der Waals surface area contributed by atoms with Crippen LogP contribution < -0.4 is 10.5 Å². The third-order valence-electron chi connectivity index (χ3n) is 5.77. The van der Waals surface area contributed by atoms with Crippen LogP contribution in [0.5, 0.6) is 0 Å². The molecule has 2 heterocycles. The van der Waals surface area contributed by atoms with Gasteiger partial charge in [-0.2, -0.15) is 0 Å². The maximum absolute atomic E-state index is 13.0. The van der Waals surface area contributed by atoms with Crippen LogP contribution in [0.15, 0.2) is 40.0 Å². The van der Waals surface area contributed by atoms with Gasteiger partial charge >= 0.3 is 10.2 Å². The van der Waals surface area contributed by atoms with Gasteiger partial charge in [-0.15, -0.1) is 0 Å². The van der Waals surface area contributed by atoms with E-state index >= 15 is 0 Å². The van der Waals surface area contributed by atoms with E-state index in [9.17, 15) is 29.0 Å². The van der Waals surface area contributed by atoms with E-state index in [4.69, 9.17) is 0 Å². The Labute approximate surface area is 175 Å². The molecule has 1 atom stereocenters. The van der Waals surface area contributed by atoms with E-state index in [-0.39, 0.29) is 18.0 Å². The van der Waals surface area contributed by atoms with Crippen LogP contribution in [0, 0.1) is 5.92 Å². The first kappa shape index (κ1) is 21.8. The highest BCUT2D eigenvalue weighted by Gasteiger charge is 2.65. The summed E-state index contributed by atoms with van der Waals surface area (Å²) in [6.45, 7) is 1.45. The quantitative estimate of drug-likeness (QED) is 0.417. The molecule has 31 heavy (non-hydrogen) atoms. The summed E-state index contributed by atoms with van der Waals surface area (Å²) in [6.07, 6.45) is 3.45. The van der Waals surface area contributed by atoms with Gasteiger partial charge < -0.3 is 4.90 Å². The lowest BCUT2D eigenvalue weighted by atomic mass is 9.88. The molecule has 5 nitrogen and oxygen atoms in total. The van der Waals surface area contributed by atoms with Crippen LogP contribution in [-0.4, -0.2) is 28.8 Å². The minimum Gasteiger partial charge on any atom is -0.342 e. The van der Waals surface area contributed by atoms with Gasteiger partial charge in [0.25, 0.3) is 5.56 Å². The molecule has 170 valence electrons. The van der Waals surface area contributed by atoms with Gasteiger partial charge in [0.2, 0.25) is 5.95 Å². The fourth-order valence-electron chi connectivity index (χ4n) is 4.00. The summed E-state index contributed by atoms with van der Waals surface area (Å²) >= 11 is 0. The number of rotatable bonds is 7. The second kappa shape index (κ2) is 6.78. The van der Waals surface area contributed by atoms with Crippen molar-refractivity contribution in [1.82, 2.24) is 9.97 Å². The molecule has 2 aliphatic rings. The molecule has 0 unspecified atom stereocenters. The molecule has 1 saturated carbocycles. The van der Waals surface area contributed by atoms with Crippen molar-refractivity contribution in [2.45, 2.75) is 42.9 Å². The molecule has 11 heteroatoms. The Morgan fingerprint density at radius 2 is 1.71 bits per heavy atom. The molecule has 1 N–H and O–H groups in total. The molecule has 2 aromatic rings. The Hall–Kier alpha value is -2.43. The number of nitrogens with one attached hydrogen (secondary N) is 1. The first-order valence-electron chi connectivity index (χ1n) is 10.0. The van der Waals surface area contributed by atoms with Crippen molar-refractivity contribution in [3.63, 3.8) is 0 Å². The molecule has 1 aromatic heterocycles. The van der Waals surface area contributed by atoms with Crippen molar-refractivity contribution in [3.8, 4) is 0 Å². The molecule has 1 saturated heterocycles.